The Morgan fingerprint density at radius 2 is 1.80 bits per heavy atom. The topological polar surface area (TPSA) is 66.3 Å². The Morgan fingerprint density at radius 3 is 2.32 bits per heavy atom. The van der Waals surface area contributed by atoms with Crippen molar-refractivity contribution in [2.45, 2.75) is 9.96 Å². The minimum absolute atomic E-state index is 0.0188. The Kier molecular flexibility index (Phi) is 6.93. The molecular weight excluding hydrogens is 480 g/mol. The number of amides is 1. The van der Waals surface area contributed by atoms with Crippen molar-refractivity contribution in [1.29, 1.82) is 0 Å². The molecule has 1 aromatic carbocycles. The third-order valence-corrected chi connectivity index (χ3v) is 4.08. The molecule has 25 heavy (non-hydrogen) atoms. The van der Waals surface area contributed by atoms with Crippen molar-refractivity contribution >= 4 is 79.7 Å². The molecule has 1 atom stereocenters. The van der Waals surface area contributed by atoms with Gasteiger partial charge >= 0.3 is 0 Å². The van der Waals surface area contributed by atoms with Gasteiger partial charge in [-0.05, 0) is 64.5 Å². The van der Waals surface area contributed by atoms with Crippen LogP contribution in [0.4, 0.5) is 10.1 Å². The fraction of sp³-hybridized carbons (Fsp3) is 0.143. The molecule has 0 aliphatic carbocycles. The maximum absolute atomic E-state index is 12.9. The molecule has 0 radical (unpaired) electrons. The minimum Gasteiger partial charge on any atom is -0.444 e. The van der Waals surface area contributed by atoms with Crippen molar-refractivity contribution in [1.82, 2.24) is 10.6 Å². The molecular formula is C14H10BrCl3FN3O2S. The fourth-order valence-electron chi connectivity index (χ4n) is 1.67. The normalized spacial score (nSPS) is 12.4. The summed E-state index contributed by atoms with van der Waals surface area (Å²) in [5, 5.41) is 7.98. The van der Waals surface area contributed by atoms with E-state index in [-0.39, 0.29) is 16.7 Å². The van der Waals surface area contributed by atoms with E-state index in [1.54, 1.807) is 6.07 Å². The lowest BCUT2D eigenvalue weighted by atomic mass is 10.3. The standard InChI is InChI=1S/C14H10BrCl3FN3O2S/c15-10-6-5-9(24-10)11(23)21-12(14(16,17)18)22-13(25)20-8-3-1-7(19)2-4-8/h1-6,12H,(H,21,23)(H2,20,22,25). The van der Waals surface area contributed by atoms with Gasteiger partial charge in [-0.25, -0.2) is 4.39 Å². The van der Waals surface area contributed by atoms with Crippen molar-refractivity contribution < 1.29 is 13.6 Å². The largest absolute Gasteiger partial charge is 0.444 e. The predicted molar refractivity (Wildman–Crippen MR) is 104 cm³/mol. The molecule has 0 saturated carbocycles. The van der Waals surface area contributed by atoms with Crippen molar-refractivity contribution in [2.24, 2.45) is 0 Å². The van der Waals surface area contributed by atoms with E-state index in [2.05, 4.69) is 31.9 Å². The Hall–Kier alpha value is -1.06. The summed E-state index contributed by atoms with van der Waals surface area (Å²) < 4.78 is 16.5. The lowest BCUT2D eigenvalue weighted by Crippen LogP contribution is -2.56. The molecule has 0 saturated heterocycles. The molecule has 0 spiro atoms. The molecule has 11 heteroatoms. The summed E-state index contributed by atoms with van der Waals surface area (Å²) in [6, 6.07) is 8.47. The van der Waals surface area contributed by atoms with Crippen LogP contribution in [-0.4, -0.2) is 21.0 Å². The van der Waals surface area contributed by atoms with Crippen molar-refractivity contribution in [3.05, 3.63) is 52.6 Å². The van der Waals surface area contributed by atoms with E-state index in [0.29, 0.717) is 10.4 Å². The third kappa shape index (κ3) is 6.31. The van der Waals surface area contributed by atoms with E-state index in [1.165, 1.54) is 30.3 Å². The van der Waals surface area contributed by atoms with Crippen LogP contribution in [0.1, 0.15) is 10.6 Å². The van der Waals surface area contributed by atoms with Crippen LogP contribution >= 0.6 is 63.0 Å². The van der Waals surface area contributed by atoms with Gasteiger partial charge in [-0.15, -0.1) is 0 Å². The third-order valence-electron chi connectivity index (χ3n) is 2.78. The molecule has 0 fully saturated rings. The number of hydrogen-bond acceptors (Lipinski definition) is 3. The highest BCUT2D eigenvalue weighted by Crippen LogP contribution is 2.29. The van der Waals surface area contributed by atoms with Crippen molar-refractivity contribution in [2.75, 3.05) is 5.32 Å². The zero-order chi connectivity index (χ0) is 18.6. The smallest absolute Gasteiger partial charge is 0.288 e. The molecule has 0 aliphatic rings. The van der Waals surface area contributed by atoms with Gasteiger partial charge < -0.3 is 20.4 Å². The Morgan fingerprint density at radius 1 is 1.16 bits per heavy atom. The maximum atomic E-state index is 12.9. The van der Waals surface area contributed by atoms with Crippen LogP contribution in [0.3, 0.4) is 0 Å². The van der Waals surface area contributed by atoms with Crippen LogP contribution in [0.25, 0.3) is 0 Å². The van der Waals surface area contributed by atoms with Crippen LogP contribution in [-0.2, 0) is 0 Å². The number of rotatable bonds is 4. The van der Waals surface area contributed by atoms with Gasteiger partial charge in [0.05, 0.1) is 0 Å². The van der Waals surface area contributed by atoms with Gasteiger partial charge in [0, 0.05) is 5.69 Å². The number of alkyl halides is 3. The summed E-state index contributed by atoms with van der Waals surface area (Å²) in [5.41, 5.74) is 0.517. The van der Waals surface area contributed by atoms with Crippen molar-refractivity contribution in [3.8, 4) is 0 Å². The first-order chi connectivity index (χ1) is 11.6. The van der Waals surface area contributed by atoms with Crippen LogP contribution in [0, 0.1) is 5.82 Å². The Labute approximate surface area is 171 Å². The number of nitrogens with one attached hydrogen (secondary N) is 3. The molecule has 1 aromatic heterocycles. The number of carbonyl (C=O) groups is 1. The highest BCUT2D eigenvalue weighted by atomic mass is 79.9. The highest BCUT2D eigenvalue weighted by molar-refractivity contribution is 9.10. The molecule has 1 unspecified atom stereocenters. The van der Waals surface area contributed by atoms with Gasteiger partial charge in [0.1, 0.15) is 12.0 Å². The number of carbonyl (C=O) groups excluding carboxylic acids is 1. The predicted octanol–water partition coefficient (Wildman–Crippen LogP) is 4.59. The summed E-state index contributed by atoms with van der Waals surface area (Å²) >= 11 is 25.8. The SMILES string of the molecule is O=C(NC(NC(=S)Nc1ccc(F)cc1)C(Cl)(Cl)Cl)c1ccc(Br)o1. The van der Waals surface area contributed by atoms with E-state index in [1.807, 2.05) is 0 Å². The second-order valence-corrected chi connectivity index (χ2v) is 8.22. The number of halogens is 5. The Bertz CT molecular complexity index is 767. The molecule has 0 bridgehead atoms. The second kappa shape index (κ2) is 8.55. The highest BCUT2D eigenvalue weighted by Gasteiger charge is 2.35. The summed E-state index contributed by atoms with van der Waals surface area (Å²) in [7, 11) is 0. The molecule has 5 nitrogen and oxygen atoms in total. The average molecular weight is 490 g/mol. The zero-order valence-corrected chi connectivity index (χ0v) is 16.8. The van der Waals surface area contributed by atoms with Gasteiger partial charge in [-0.1, -0.05) is 34.8 Å². The Balaban J connectivity index is 2.03. The molecule has 134 valence electrons. The molecule has 2 rings (SSSR count). The maximum Gasteiger partial charge on any atom is 0.288 e. The van der Waals surface area contributed by atoms with Crippen LogP contribution in [0.15, 0.2) is 45.5 Å². The fourth-order valence-corrected chi connectivity index (χ4v) is 2.54. The molecule has 3 N–H and O–H groups in total. The molecule has 0 aliphatic heterocycles. The summed E-state index contributed by atoms with van der Waals surface area (Å²) in [5.74, 6) is -0.982. The zero-order valence-electron chi connectivity index (χ0n) is 12.2. The molecule has 1 heterocycles. The first-order valence-electron chi connectivity index (χ1n) is 6.61. The van der Waals surface area contributed by atoms with E-state index < -0.39 is 15.9 Å². The van der Waals surface area contributed by atoms with Gasteiger partial charge in [0.2, 0.25) is 3.79 Å². The van der Waals surface area contributed by atoms with Gasteiger partial charge in [-0.2, -0.15) is 0 Å². The van der Waals surface area contributed by atoms with Gasteiger partial charge in [-0.3, -0.25) is 4.79 Å². The number of benzene rings is 1. The monoisotopic (exact) mass is 487 g/mol. The van der Waals surface area contributed by atoms with Crippen LogP contribution in [0.5, 0.6) is 0 Å². The molecule has 2 aromatic rings. The van der Waals surface area contributed by atoms with Crippen molar-refractivity contribution in [3.63, 3.8) is 0 Å². The first kappa shape index (κ1) is 20.3. The second-order valence-electron chi connectivity index (χ2n) is 4.66. The lowest BCUT2D eigenvalue weighted by molar-refractivity contribution is 0.0905. The minimum atomic E-state index is -1.91. The summed E-state index contributed by atoms with van der Waals surface area (Å²) in [6.45, 7) is 0. The van der Waals surface area contributed by atoms with E-state index in [9.17, 15) is 9.18 Å². The first-order valence-corrected chi connectivity index (χ1v) is 8.94. The summed E-state index contributed by atoms with van der Waals surface area (Å²) in [4.78, 5) is 12.1. The van der Waals surface area contributed by atoms with Gasteiger partial charge in [0.25, 0.3) is 5.91 Å². The lowest BCUT2D eigenvalue weighted by Gasteiger charge is -2.27. The molecule has 1 amide bonds. The van der Waals surface area contributed by atoms with E-state index in [4.69, 9.17) is 51.4 Å². The van der Waals surface area contributed by atoms with E-state index >= 15 is 0 Å². The van der Waals surface area contributed by atoms with Crippen LogP contribution in [0.2, 0.25) is 0 Å². The number of furan rings is 1. The number of anilines is 1. The quantitative estimate of drug-likeness (QED) is 0.333. The van der Waals surface area contributed by atoms with Crippen LogP contribution < -0.4 is 16.0 Å². The summed E-state index contributed by atoms with van der Waals surface area (Å²) in [6.07, 6.45) is -1.16. The van der Waals surface area contributed by atoms with Gasteiger partial charge in [0.15, 0.2) is 15.5 Å². The average Bonchev–Trinajstić information content (AvgIpc) is 2.94. The number of thiocarbonyl (C=S) groups is 1. The van der Waals surface area contributed by atoms with E-state index in [0.717, 1.165) is 0 Å². The number of hydrogen-bond donors (Lipinski definition) is 3.